The SMILES string of the molecule is COc1cc(NC(=O)NCCCN)c(Cl)cc1C(=O)O. The number of carboxylic acid groups (broad SMARTS) is 1. The number of carbonyl (C=O) groups is 2. The number of nitrogens with one attached hydrogen (secondary N) is 2. The number of hydrogen-bond acceptors (Lipinski definition) is 4. The highest BCUT2D eigenvalue weighted by molar-refractivity contribution is 6.34. The number of rotatable bonds is 6. The number of hydrogen-bond donors (Lipinski definition) is 4. The summed E-state index contributed by atoms with van der Waals surface area (Å²) in [7, 11) is 1.33. The zero-order chi connectivity index (χ0) is 15.1. The predicted octanol–water partition coefficient (Wildman–Crippen LogP) is 1.52. The third-order valence-corrected chi connectivity index (χ3v) is 2.75. The highest BCUT2D eigenvalue weighted by atomic mass is 35.5. The largest absolute Gasteiger partial charge is 0.496 e. The van der Waals surface area contributed by atoms with E-state index >= 15 is 0 Å². The minimum absolute atomic E-state index is 0.0772. The molecule has 2 amide bonds. The zero-order valence-corrected chi connectivity index (χ0v) is 11.7. The van der Waals surface area contributed by atoms with Crippen molar-refractivity contribution in [2.24, 2.45) is 5.73 Å². The number of benzene rings is 1. The highest BCUT2D eigenvalue weighted by Crippen LogP contribution is 2.30. The molecule has 110 valence electrons. The summed E-state index contributed by atoms with van der Waals surface area (Å²) in [6.07, 6.45) is 0.655. The first-order valence-electron chi connectivity index (χ1n) is 5.85. The summed E-state index contributed by atoms with van der Waals surface area (Å²) in [6.45, 7) is 0.909. The van der Waals surface area contributed by atoms with Crippen molar-refractivity contribution in [3.8, 4) is 5.75 Å². The van der Waals surface area contributed by atoms with Crippen LogP contribution in [0.25, 0.3) is 0 Å². The van der Waals surface area contributed by atoms with Crippen LogP contribution in [0.1, 0.15) is 16.8 Å². The van der Waals surface area contributed by atoms with Crippen molar-refractivity contribution in [2.75, 3.05) is 25.5 Å². The number of carboxylic acids is 1. The quantitative estimate of drug-likeness (QED) is 0.595. The van der Waals surface area contributed by atoms with E-state index in [1.807, 2.05) is 0 Å². The van der Waals surface area contributed by atoms with Gasteiger partial charge in [-0.1, -0.05) is 11.6 Å². The molecule has 0 unspecified atom stereocenters. The van der Waals surface area contributed by atoms with Crippen LogP contribution in [0.2, 0.25) is 5.02 Å². The van der Waals surface area contributed by atoms with Crippen LogP contribution in [0.3, 0.4) is 0 Å². The summed E-state index contributed by atoms with van der Waals surface area (Å²) < 4.78 is 4.95. The van der Waals surface area contributed by atoms with E-state index in [9.17, 15) is 9.59 Å². The average Bonchev–Trinajstić information content (AvgIpc) is 2.40. The van der Waals surface area contributed by atoms with Crippen LogP contribution >= 0.6 is 11.6 Å². The summed E-state index contributed by atoms with van der Waals surface area (Å²) in [5.74, 6) is -1.05. The molecule has 0 bridgehead atoms. The van der Waals surface area contributed by atoms with Gasteiger partial charge >= 0.3 is 12.0 Å². The van der Waals surface area contributed by atoms with Crippen molar-refractivity contribution >= 4 is 29.3 Å². The second-order valence-electron chi connectivity index (χ2n) is 3.86. The van der Waals surface area contributed by atoms with Gasteiger partial charge in [0.05, 0.1) is 17.8 Å². The Balaban J connectivity index is 2.85. The number of anilines is 1. The highest BCUT2D eigenvalue weighted by Gasteiger charge is 2.16. The van der Waals surface area contributed by atoms with Crippen molar-refractivity contribution < 1.29 is 19.4 Å². The van der Waals surface area contributed by atoms with Gasteiger partial charge in [0.15, 0.2) is 0 Å². The van der Waals surface area contributed by atoms with E-state index in [-0.39, 0.29) is 22.0 Å². The summed E-state index contributed by atoms with van der Waals surface area (Å²) >= 11 is 5.93. The molecule has 7 nitrogen and oxygen atoms in total. The predicted molar refractivity (Wildman–Crippen MR) is 75.7 cm³/mol. The summed E-state index contributed by atoms with van der Waals surface area (Å²) in [6, 6.07) is 2.12. The maximum absolute atomic E-state index is 11.6. The molecule has 0 aliphatic carbocycles. The van der Waals surface area contributed by atoms with Gasteiger partial charge in [-0.15, -0.1) is 0 Å². The lowest BCUT2D eigenvalue weighted by Gasteiger charge is -2.12. The van der Waals surface area contributed by atoms with Crippen LogP contribution in [-0.2, 0) is 0 Å². The lowest BCUT2D eigenvalue weighted by atomic mass is 10.2. The third-order valence-electron chi connectivity index (χ3n) is 2.43. The number of ether oxygens (including phenoxy) is 1. The summed E-state index contributed by atoms with van der Waals surface area (Å²) in [5.41, 5.74) is 5.49. The Morgan fingerprint density at radius 1 is 1.45 bits per heavy atom. The fourth-order valence-electron chi connectivity index (χ4n) is 1.46. The van der Waals surface area contributed by atoms with Gasteiger partial charge in [-0.05, 0) is 19.0 Å². The molecule has 0 saturated heterocycles. The number of carbonyl (C=O) groups excluding carboxylic acids is 1. The first kappa shape index (κ1) is 16.1. The summed E-state index contributed by atoms with van der Waals surface area (Å²) in [5, 5.41) is 14.2. The molecule has 0 heterocycles. The molecule has 5 N–H and O–H groups in total. The number of amides is 2. The molecule has 0 aliphatic heterocycles. The Kier molecular flexibility index (Phi) is 6.08. The normalized spacial score (nSPS) is 9.95. The Hall–Kier alpha value is -1.99. The first-order chi connectivity index (χ1) is 9.49. The van der Waals surface area contributed by atoms with Crippen LogP contribution in [0.4, 0.5) is 10.5 Å². The second kappa shape index (κ2) is 7.56. The van der Waals surface area contributed by atoms with Gasteiger partial charge in [0.2, 0.25) is 0 Å². The number of urea groups is 1. The maximum Gasteiger partial charge on any atom is 0.339 e. The first-order valence-corrected chi connectivity index (χ1v) is 6.23. The molecule has 20 heavy (non-hydrogen) atoms. The molecule has 0 atom stereocenters. The fourth-order valence-corrected chi connectivity index (χ4v) is 1.67. The zero-order valence-electron chi connectivity index (χ0n) is 10.9. The number of nitrogens with two attached hydrogens (primary N) is 1. The molecule has 0 aromatic heterocycles. The van der Waals surface area contributed by atoms with Gasteiger partial charge in [0, 0.05) is 12.6 Å². The molecule has 8 heteroatoms. The number of halogens is 1. The number of methoxy groups -OCH3 is 1. The Morgan fingerprint density at radius 2 is 2.15 bits per heavy atom. The van der Waals surface area contributed by atoms with Gasteiger partial charge in [0.1, 0.15) is 11.3 Å². The van der Waals surface area contributed by atoms with E-state index < -0.39 is 12.0 Å². The van der Waals surface area contributed by atoms with Gasteiger partial charge in [-0.3, -0.25) is 0 Å². The van der Waals surface area contributed by atoms with Gasteiger partial charge in [-0.2, -0.15) is 0 Å². The molecule has 0 saturated carbocycles. The smallest absolute Gasteiger partial charge is 0.339 e. The minimum Gasteiger partial charge on any atom is -0.496 e. The molecular weight excluding hydrogens is 286 g/mol. The average molecular weight is 302 g/mol. The minimum atomic E-state index is -1.16. The lowest BCUT2D eigenvalue weighted by Crippen LogP contribution is -2.30. The summed E-state index contributed by atoms with van der Waals surface area (Å²) in [4.78, 5) is 22.6. The molecule has 0 radical (unpaired) electrons. The molecule has 0 aliphatic rings. The van der Waals surface area contributed by atoms with Crippen LogP contribution in [-0.4, -0.2) is 37.3 Å². The van der Waals surface area contributed by atoms with Crippen LogP contribution in [0.15, 0.2) is 12.1 Å². The Labute approximate surface area is 121 Å². The van der Waals surface area contributed by atoms with E-state index in [1.54, 1.807) is 0 Å². The van der Waals surface area contributed by atoms with Crippen molar-refractivity contribution in [2.45, 2.75) is 6.42 Å². The molecule has 0 spiro atoms. The molecule has 1 rings (SSSR count). The molecule has 1 aromatic rings. The molecule has 1 aromatic carbocycles. The van der Waals surface area contributed by atoms with Crippen molar-refractivity contribution in [3.63, 3.8) is 0 Å². The third kappa shape index (κ3) is 4.29. The fraction of sp³-hybridized carbons (Fsp3) is 0.333. The Bertz CT molecular complexity index is 508. The lowest BCUT2D eigenvalue weighted by molar-refractivity contribution is 0.0693. The van der Waals surface area contributed by atoms with E-state index in [0.717, 1.165) is 0 Å². The van der Waals surface area contributed by atoms with E-state index in [2.05, 4.69) is 10.6 Å². The topological polar surface area (TPSA) is 114 Å². The molecule has 0 fully saturated rings. The Morgan fingerprint density at radius 3 is 2.70 bits per heavy atom. The van der Waals surface area contributed by atoms with Gasteiger partial charge in [-0.25, -0.2) is 9.59 Å². The van der Waals surface area contributed by atoms with Crippen molar-refractivity contribution in [3.05, 3.63) is 22.7 Å². The van der Waals surface area contributed by atoms with E-state index in [1.165, 1.54) is 19.2 Å². The molecular formula is C12H16ClN3O4. The van der Waals surface area contributed by atoms with Crippen molar-refractivity contribution in [1.29, 1.82) is 0 Å². The second-order valence-corrected chi connectivity index (χ2v) is 4.27. The maximum atomic E-state index is 11.6. The van der Waals surface area contributed by atoms with E-state index in [4.69, 9.17) is 27.2 Å². The monoisotopic (exact) mass is 301 g/mol. The van der Waals surface area contributed by atoms with Crippen LogP contribution in [0, 0.1) is 0 Å². The van der Waals surface area contributed by atoms with Gasteiger partial charge in [0.25, 0.3) is 0 Å². The van der Waals surface area contributed by atoms with Crippen molar-refractivity contribution in [1.82, 2.24) is 5.32 Å². The van der Waals surface area contributed by atoms with Crippen LogP contribution in [0.5, 0.6) is 5.75 Å². The standard InChI is InChI=1S/C12H16ClN3O4/c1-20-10-6-9(8(13)5-7(10)11(17)18)16-12(19)15-4-2-3-14/h5-6H,2-4,14H2,1H3,(H,17,18)(H2,15,16,19). The number of aromatic carboxylic acids is 1. The van der Waals surface area contributed by atoms with Crippen LogP contribution < -0.4 is 21.1 Å². The van der Waals surface area contributed by atoms with Gasteiger partial charge < -0.3 is 26.2 Å². The van der Waals surface area contributed by atoms with E-state index in [0.29, 0.717) is 19.5 Å².